The van der Waals surface area contributed by atoms with Gasteiger partial charge in [0, 0.05) is 6.04 Å². The van der Waals surface area contributed by atoms with Crippen LogP contribution in [0.2, 0.25) is 0 Å². The molecular formula is C8H16N2O3. The largest absolute Gasteiger partial charge is 0.480 e. The Morgan fingerprint density at radius 2 is 1.85 bits per heavy atom. The van der Waals surface area contributed by atoms with Crippen LogP contribution in [0, 0.1) is 0 Å². The molecule has 0 aliphatic rings. The summed E-state index contributed by atoms with van der Waals surface area (Å²) in [6.07, 6.45) is 1.69. The van der Waals surface area contributed by atoms with E-state index in [0.29, 0.717) is 0 Å². The highest BCUT2D eigenvalue weighted by molar-refractivity contribution is 5.79. The summed E-state index contributed by atoms with van der Waals surface area (Å²) >= 11 is 0. The van der Waals surface area contributed by atoms with E-state index in [1.165, 1.54) is 0 Å². The monoisotopic (exact) mass is 188 g/mol. The molecule has 3 N–H and O–H groups in total. The van der Waals surface area contributed by atoms with Crippen LogP contribution in [0.3, 0.4) is 0 Å². The number of aliphatic carboxylic acids is 1. The number of amides is 2. The van der Waals surface area contributed by atoms with Crippen molar-refractivity contribution in [1.29, 1.82) is 0 Å². The molecule has 13 heavy (non-hydrogen) atoms. The lowest BCUT2D eigenvalue weighted by atomic mass is 10.2. The van der Waals surface area contributed by atoms with Gasteiger partial charge in [0.05, 0.1) is 0 Å². The lowest BCUT2D eigenvalue weighted by molar-refractivity contribution is -0.135. The molecule has 5 heteroatoms. The van der Waals surface area contributed by atoms with E-state index in [9.17, 15) is 9.59 Å². The van der Waals surface area contributed by atoms with Crippen molar-refractivity contribution in [3.63, 3.8) is 0 Å². The predicted octanol–water partition coefficient (Wildman–Crippen LogP) is 0.559. The summed E-state index contributed by atoms with van der Waals surface area (Å²) in [5, 5.41) is 13.2. The number of nitrogens with one attached hydrogen (secondary N) is 2. The molecule has 0 aromatic carbocycles. The molecule has 0 heterocycles. The lowest BCUT2D eigenvalue weighted by Gasteiger charge is -2.14. The normalized spacial score (nSPS) is 9.77. The highest BCUT2D eigenvalue weighted by atomic mass is 16.4. The third-order valence-corrected chi connectivity index (χ3v) is 1.72. The van der Waals surface area contributed by atoms with Gasteiger partial charge in [-0.15, -0.1) is 0 Å². The Labute approximate surface area is 77.5 Å². The van der Waals surface area contributed by atoms with Gasteiger partial charge in [-0.2, -0.15) is 0 Å². The molecule has 0 aromatic heterocycles. The van der Waals surface area contributed by atoms with Crippen LogP contribution in [0.5, 0.6) is 0 Å². The molecule has 0 aromatic rings. The molecule has 0 fully saturated rings. The highest BCUT2D eigenvalue weighted by Gasteiger charge is 2.07. The van der Waals surface area contributed by atoms with Crippen LogP contribution in [-0.2, 0) is 4.79 Å². The molecule has 0 spiro atoms. The predicted molar refractivity (Wildman–Crippen MR) is 48.5 cm³/mol. The Morgan fingerprint density at radius 1 is 1.31 bits per heavy atom. The van der Waals surface area contributed by atoms with Crippen LogP contribution in [0.15, 0.2) is 0 Å². The molecule has 0 radical (unpaired) electrons. The minimum Gasteiger partial charge on any atom is -0.480 e. The fourth-order valence-electron chi connectivity index (χ4n) is 0.885. The zero-order chi connectivity index (χ0) is 10.3. The van der Waals surface area contributed by atoms with Gasteiger partial charge in [0.15, 0.2) is 0 Å². The summed E-state index contributed by atoms with van der Waals surface area (Å²) in [4.78, 5) is 21.1. The summed E-state index contributed by atoms with van der Waals surface area (Å²) < 4.78 is 0. The van der Waals surface area contributed by atoms with Gasteiger partial charge in [0.1, 0.15) is 6.54 Å². The highest BCUT2D eigenvalue weighted by Crippen LogP contribution is 1.94. The molecule has 0 unspecified atom stereocenters. The Morgan fingerprint density at radius 3 is 2.23 bits per heavy atom. The number of rotatable bonds is 5. The van der Waals surface area contributed by atoms with Gasteiger partial charge >= 0.3 is 12.0 Å². The zero-order valence-electron chi connectivity index (χ0n) is 7.96. The van der Waals surface area contributed by atoms with E-state index in [1.807, 2.05) is 13.8 Å². The van der Waals surface area contributed by atoms with Crippen molar-refractivity contribution in [3.05, 3.63) is 0 Å². The van der Waals surface area contributed by atoms with Crippen LogP contribution in [0.4, 0.5) is 4.79 Å². The zero-order valence-corrected chi connectivity index (χ0v) is 7.96. The van der Waals surface area contributed by atoms with Gasteiger partial charge in [0.25, 0.3) is 0 Å². The van der Waals surface area contributed by atoms with E-state index in [0.717, 1.165) is 12.8 Å². The first-order chi connectivity index (χ1) is 6.10. The number of urea groups is 1. The van der Waals surface area contributed by atoms with E-state index in [4.69, 9.17) is 5.11 Å². The quantitative estimate of drug-likeness (QED) is 0.589. The second-order valence-electron chi connectivity index (χ2n) is 2.73. The van der Waals surface area contributed by atoms with Crippen molar-refractivity contribution in [1.82, 2.24) is 10.6 Å². The molecule has 0 atom stereocenters. The molecule has 76 valence electrons. The second-order valence-corrected chi connectivity index (χ2v) is 2.73. The molecule has 0 saturated carbocycles. The molecule has 0 saturated heterocycles. The maximum atomic E-state index is 11.0. The smallest absolute Gasteiger partial charge is 0.323 e. The van der Waals surface area contributed by atoms with E-state index < -0.39 is 12.0 Å². The minimum atomic E-state index is -1.04. The number of carbonyl (C=O) groups excluding carboxylic acids is 1. The number of carbonyl (C=O) groups is 2. The Bertz CT molecular complexity index is 178. The summed E-state index contributed by atoms with van der Waals surface area (Å²) in [5.74, 6) is -1.04. The Balaban J connectivity index is 3.66. The average molecular weight is 188 g/mol. The fraction of sp³-hybridized carbons (Fsp3) is 0.750. The summed E-state index contributed by atoms with van der Waals surface area (Å²) in [7, 11) is 0. The standard InChI is InChI=1S/C8H16N2O3/c1-3-6(4-2)10-8(13)9-5-7(11)12/h6H,3-5H2,1-2H3,(H,11,12)(H2,9,10,13). The van der Waals surface area contributed by atoms with Gasteiger partial charge in [-0.1, -0.05) is 13.8 Å². The van der Waals surface area contributed by atoms with Crippen LogP contribution < -0.4 is 10.6 Å². The van der Waals surface area contributed by atoms with Crippen molar-refractivity contribution in [2.75, 3.05) is 6.54 Å². The first-order valence-corrected chi connectivity index (χ1v) is 4.36. The van der Waals surface area contributed by atoms with Crippen molar-refractivity contribution in [2.45, 2.75) is 32.7 Å². The van der Waals surface area contributed by atoms with Crippen molar-refractivity contribution in [3.8, 4) is 0 Å². The first-order valence-electron chi connectivity index (χ1n) is 4.36. The third-order valence-electron chi connectivity index (χ3n) is 1.72. The molecular weight excluding hydrogens is 172 g/mol. The first kappa shape index (κ1) is 11.7. The molecule has 0 aliphatic heterocycles. The van der Waals surface area contributed by atoms with E-state index >= 15 is 0 Å². The van der Waals surface area contributed by atoms with Gasteiger partial charge in [-0.25, -0.2) is 4.79 Å². The van der Waals surface area contributed by atoms with E-state index in [1.54, 1.807) is 0 Å². The lowest BCUT2D eigenvalue weighted by Crippen LogP contribution is -2.43. The number of hydrogen-bond acceptors (Lipinski definition) is 2. The van der Waals surface area contributed by atoms with Crippen molar-refractivity contribution in [2.24, 2.45) is 0 Å². The van der Waals surface area contributed by atoms with Crippen LogP contribution in [-0.4, -0.2) is 29.7 Å². The van der Waals surface area contributed by atoms with Crippen LogP contribution in [0.1, 0.15) is 26.7 Å². The summed E-state index contributed by atoms with van der Waals surface area (Å²) in [6.45, 7) is 3.59. The maximum Gasteiger partial charge on any atom is 0.323 e. The van der Waals surface area contributed by atoms with E-state index in [-0.39, 0.29) is 12.6 Å². The summed E-state index contributed by atoms with van der Waals surface area (Å²) in [6, 6.07) is -0.301. The van der Waals surface area contributed by atoms with Gasteiger partial charge in [0.2, 0.25) is 0 Å². The Kier molecular flexibility index (Phi) is 5.67. The second kappa shape index (κ2) is 6.28. The molecule has 5 nitrogen and oxygen atoms in total. The average Bonchev–Trinajstić information content (AvgIpc) is 2.10. The third kappa shape index (κ3) is 5.95. The molecule has 0 bridgehead atoms. The van der Waals surface area contributed by atoms with Crippen molar-refractivity contribution >= 4 is 12.0 Å². The molecule has 2 amide bonds. The molecule has 0 aliphatic carbocycles. The maximum absolute atomic E-state index is 11.0. The summed E-state index contributed by atoms with van der Waals surface area (Å²) in [5.41, 5.74) is 0. The van der Waals surface area contributed by atoms with Gasteiger partial charge in [-0.3, -0.25) is 4.79 Å². The Hall–Kier alpha value is -1.26. The van der Waals surface area contributed by atoms with Crippen molar-refractivity contribution < 1.29 is 14.7 Å². The fourth-order valence-corrected chi connectivity index (χ4v) is 0.885. The SMILES string of the molecule is CCC(CC)NC(=O)NCC(=O)O. The number of carboxylic acids is 1. The van der Waals surface area contributed by atoms with Gasteiger partial charge in [-0.05, 0) is 12.8 Å². The van der Waals surface area contributed by atoms with Crippen LogP contribution in [0.25, 0.3) is 0 Å². The molecule has 0 rings (SSSR count). The minimum absolute atomic E-state index is 0.119. The number of hydrogen-bond donors (Lipinski definition) is 3. The van der Waals surface area contributed by atoms with E-state index in [2.05, 4.69) is 10.6 Å². The topological polar surface area (TPSA) is 78.4 Å². The van der Waals surface area contributed by atoms with Crippen LogP contribution >= 0.6 is 0 Å². The van der Waals surface area contributed by atoms with Gasteiger partial charge < -0.3 is 15.7 Å². The number of carboxylic acid groups (broad SMARTS) is 1.